The lowest BCUT2D eigenvalue weighted by Gasteiger charge is -2.16. The highest BCUT2D eigenvalue weighted by Crippen LogP contribution is 2.32. The van der Waals surface area contributed by atoms with Gasteiger partial charge in [-0.1, -0.05) is 54.1 Å². The molecule has 0 aromatic heterocycles. The van der Waals surface area contributed by atoms with Crippen LogP contribution in [0.4, 0.5) is 13.2 Å². The van der Waals surface area contributed by atoms with Crippen molar-refractivity contribution in [3.63, 3.8) is 0 Å². The quantitative estimate of drug-likeness (QED) is 0.354. The number of hydrazone groups is 1. The van der Waals surface area contributed by atoms with Crippen LogP contribution in [0.3, 0.4) is 0 Å². The average molecular weight is 548 g/mol. The van der Waals surface area contributed by atoms with Gasteiger partial charge in [0.2, 0.25) is 0 Å². The molecule has 1 atom stereocenters. The molecule has 7 nitrogen and oxygen atoms in total. The SMILES string of the molecule is C/C(N)=N\C(=N/S(=O)(=O)c1ccc(C(F)(F)F)cc1)N1C[C@@H](c2ccccc2)C(c2ccc(Cl)cc2)=N1. The van der Waals surface area contributed by atoms with Crippen molar-refractivity contribution in [1.29, 1.82) is 0 Å². The summed E-state index contributed by atoms with van der Waals surface area (Å²) >= 11 is 6.04. The minimum absolute atomic E-state index is 0.0211. The normalized spacial score (nSPS) is 17.2. The van der Waals surface area contributed by atoms with Crippen LogP contribution in [-0.2, 0) is 16.2 Å². The zero-order valence-electron chi connectivity index (χ0n) is 19.4. The number of amidine groups is 1. The van der Waals surface area contributed by atoms with Crippen LogP contribution in [0.1, 0.15) is 29.5 Å². The highest BCUT2D eigenvalue weighted by Gasteiger charge is 2.33. The van der Waals surface area contributed by atoms with Crippen LogP contribution in [0.5, 0.6) is 0 Å². The molecule has 3 aromatic carbocycles. The molecule has 3 aromatic rings. The summed E-state index contributed by atoms with van der Waals surface area (Å²) in [5, 5.41) is 6.49. The topological polar surface area (TPSA) is 100 Å². The van der Waals surface area contributed by atoms with E-state index in [1.54, 1.807) is 24.3 Å². The van der Waals surface area contributed by atoms with Crippen molar-refractivity contribution in [1.82, 2.24) is 5.01 Å². The van der Waals surface area contributed by atoms with E-state index < -0.39 is 26.7 Å². The van der Waals surface area contributed by atoms with E-state index in [1.165, 1.54) is 11.9 Å². The molecule has 1 heterocycles. The summed E-state index contributed by atoms with van der Waals surface area (Å²) in [6.07, 6.45) is -4.60. The number of aliphatic imine (C=N–C) groups is 1. The first-order valence-corrected chi connectivity index (χ1v) is 12.8. The van der Waals surface area contributed by atoms with Crippen molar-refractivity contribution in [2.24, 2.45) is 20.2 Å². The number of nitrogens with two attached hydrogens (primary N) is 1. The van der Waals surface area contributed by atoms with E-state index in [9.17, 15) is 21.6 Å². The van der Waals surface area contributed by atoms with Gasteiger partial charge < -0.3 is 5.73 Å². The van der Waals surface area contributed by atoms with Crippen LogP contribution >= 0.6 is 11.6 Å². The Labute approximate surface area is 216 Å². The maximum atomic E-state index is 13.0. The summed E-state index contributed by atoms with van der Waals surface area (Å²) in [6.45, 7) is 1.65. The van der Waals surface area contributed by atoms with Crippen LogP contribution in [0.2, 0.25) is 5.02 Å². The molecular weight excluding hydrogens is 527 g/mol. The molecule has 1 aliphatic heterocycles. The molecule has 4 rings (SSSR count). The third-order valence-corrected chi connectivity index (χ3v) is 6.97. The fourth-order valence-electron chi connectivity index (χ4n) is 3.71. The minimum Gasteiger partial charge on any atom is -0.387 e. The van der Waals surface area contributed by atoms with Gasteiger partial charge in [-0.05, 0) is 54.4 Å². The van der Waals surface area contributed by atoms with Gasteiger partial charge in [-0.25, -0.2) is 5.01 Å². The van der Waals surface area contributed by atoms with Gasteiger partial charge >= 0.3 is 6.18 Å². The van der Waals surface area contributed by atoms with Gasteiger partial charge in [-0.2, -0.15) is 31.7 Å². The van der Waals surface area contributed by atoms with Gasteiger partial charge in [-0.3, -0.25) is 0 Å². The number of sulfonamides is 1. The van der Waals surface area contributed by atoms with Crippen molar-refractivity contribution in [3.05, 3.63) is 101 Å². The number of guanidine groups is 1. The molecular formula is C25H21ClF3N5O2S. The van der Waals surface area contributed by atoms with E-state index >= 15 is 0 Å². The molecule has 0 amide bonds. The Morgan fingerprint density at radius 2 is 1.65 bits per heavy atom. The van der Waals surface area contributed by atoms with Crippen LogP contribution in [-0.4, -0.2) is 37.5 Å². The van der Waals surface area contributed by atoms with Crippen molar-refractivity contribution in [3.8, 4) is 0 Å². The number of alkyl halides is 3. The highest BCUT2D eigenvalue weighted by molar-refractivity contribution is 7.90. The molecule has 12 heteroatoms. The molecule has 2 N–H and O–H groups in total. The molecule has 37 heavy (non-hydrogen) atoms. The maximum absolute atomic E-state index is 13.0. The molecule has 0 unspecified atom stereocenters. The number of nitrogens with zero attached hydrogens (tertiary/aromatic N) is 4. The third-order valence-electron chi connectivity index (χ3n) is 5.44. The second kappa shape index (κ2) is 10.3. The number of hydrogen-bond acceptors (Lipinski definition) is 3. The number of benzene rings is 3. The van der Waals surface area contributed by atoms with Gasteiger partial charge in [0.05, 0.1) is 28.6 Å². The van der Waals surface area contributed by atoms with Gasteiger partial charge in [0.25, 0.3) is 16.0 Å². The first kappa shape index (κ1) is 26.4. The summed E-state index contributed by atoms with van der Waals surface area (Å²) in [7, 11) is -4.45. The zero-order valence-corrected chi connectivity index (χ0v) is 21.0. The minimum atomic E-state index is -4.60. The fraction of sp³-hybridized carbons (Fsp3) is 0.160. The number of hydrogen-bond donors (Lipinski definition) is 1. The smallest absolute Gasteiger partial charge is 0.387 e. The van der Waals surface area contributed by atoms with Crippen LogP contribution in [0.25, 0.3) is 0 Å². The average Bonchev–Trinajstić information content (AvgIpc) is 3.29. The van der Waals surface area contributed by atoms with Gasteiger partial charge in [0.15, 0.2) is 0 Å². The van der Waals surface area contributed by atoms with Crippen LogP contribution in [0.15, 0.2) is 98.2 Å². The van der Waals surface area contributed by atoms with E-state index in [4.69, 9.17) is 17.3 Å². The molecule has 1 aliphatic rings. The Morgan fingerprint density at radius 1 is 1.03 bits per heavy atom. The Kier molecular flexibility index (Phi) is 7.37. The lowest BCUT2D eigenvalue weighted by atomic mass is 9.91. The Bertz CT molecular complexity index is 1470. The monoisotopic (exact) mass is 547 g/mol. The van der Waals surface area contributed by atoms with Crippen molar-refractivity contribution < 1.29 is 21.6 Å². The summed E-state index contributed by atoms with van der Waals surface area (Å²) in [5.41, 5.74) is 7.10. The van der Waals surface area contributed by atoms with E-state index in [-0.39, 0.29) is 24.3 Å². The molecule has 0 saturated carbocycles. The predicted octanol–water partition coefficient (Wildman–Crippen LogP) is 5.28. The number of rotatable bonds is 4. The molecule has 0 bridgehead atoms. The van der Waals surface area contributed by atoms with Gasteiger partial charge in [0.1, 0.15) is 0 Å². The molecule has 0 aliphatic carbocycles. The zero-order chi connectivity index (χ0) is 26.8. The second-order valence-electron chi connectivity index (χ2n) is 8.18. The first-order valence-electron chi connectivity index (χ1n) is 10.9. The van der Waals surface area contributed by atoms with Gasteiger partial charge in [-0.15, -0.1) is 4.40 Å². The Hall–Kier alpha value is -3.70. The summed E-state index contributed by atoms with van der Waals surface area (Å²) in [4.78, 5) is 3.65. The largest absolute Gasteiger partial charge is 0.416 e. The van der Waals surface area contributed by atoms with E-state index in [1.807, 2.05) is 30.3 Å². The molecule has 192 valence electrons. The van der Waals surface area contributed by atoms with Gasteiger partial charge in [0, 0.05) is 10.9 Å². The lowest BCUT2D eigenvalue weighted by Crippen LogP contribution is -2.27. The fourth-order valence-corrected chi connectivity index (χ4v) is 4.78. The molecule has 0 spiro atoms. The van der Waals surface area contributed by atoms with Crippen LogP contribution < -0.4 is 5.73 Å². The summed E-state index contributed by atoms with van der Waals surface area (Å²) in [6, 6.07) is 19.6. The Morgan fingerprint density at radius 3 is 2.22 bits per heavy atom. The van der Waals surface area contributed by atoms with Crippen molar-refractivity contribution >= 4 is 39.1 Å². The Balaban J connectivity index is 1.77. The van der Waals surface area contributed by atoms with Crippen molar-refractivity contribution in [2.45, 2.75) is 23.9 Å². The standard InChI is InChI=1S/C25H21ClF3N5O2S/c1-16(30)31-24(33-37(35,36)21-13-9-19(10-14-21)25(27,28)29)34-15-22(17-5-3-2-4-6-17)23(32-34)18-7-11-20(26)12-8-18/h2-14,22H,15H2,1H3,(H2,30,31,33)/t22-/m0/s1. The second-order valence-corrected chi connectivity index (χ2v) is 10.2. The number of halogens is 4. The molecule has 0 radical (unpaired) electrons. The highest BCUT2D eigenvalue weighted by atomic mass is 35.5. The summed E-state index contributed by atoms with van der Waals surface area (Å²) in [5.74, 6) is -0.563. The van der Waals surface area contributed by atoms with E-state index in [0.717, 1.165) is 23.3 Å². The van der Waals surface area contributed by atoms with E-state index in [0.29, 0.717) is 22.9 Å². The third kappa shape index (κ3) is 6.17. The lowest BCUT2D eigenvalue weighted by molar-refractivity contribution is -0.137. The maximum Gasteiger partial charge on any atom is 0.416 e. The van der Waals surface area contributed by atoms with Crippen molar-refractivity contribution in [2.75, 3.05) is 6.54 Å². The molecule has 0 saturated heterocycles. The molecule has 0 fully saturated rings. The van der Waals surface area contributed by atoms with Crippen LogP contribution in [0, 0.1) is 0 Å². The first-order chi connectivity index (χ1) is 17.4. The van der Waals surface area contributed by atoms with E-state index in [2.05, 4.69) is 14.5 Å². The summed E-state index contributed by atoms with van der Waals surface area (Å²) < 4.78 is 68.6. The predicted molar refractivity (Wildman–Crippen MR) is 137 cm³/mol.